The molecule has 0 unspecified atom stereocenters. The molecule has 0 aliphatic rings. The van der Waals surface area contributed by atoms with Crippen molar-refractivity contribution in [2.24, 2.45) is 0 Å². The summed E-state index contributed by atoms with van der Waals surface area (Å²) in [6, 6.07) is 24.2. The maximum atomic E-state index is 14.2. The quantitative estimate of drug-likeness (QED) is 0.413. The van der Waals surface area contributed by atoms with Crippen LogP contribution in [-0.4, -0.2) is 6.18 Å². The smallest absolute Gasteiger partial charge is 0.166 e. The van der Waals surface area contributed by atoms with Crippen molar-refractivity contribution in [1.29, 1.82) is 0 Å². The molecular weight excluding hydrogens is 357 g/mol. The topological polar surface area (TPSA) is 0 Å². The third-order valence-corrected chi connectivity index (χ3v) is 4.70. The molecule has 0 saturated carbocycles. The number of hydrogen-bond donors (Lipinski definition) is 0. The van der Waals surface area contributed by atoms with Gasteiger partial charge in [-0.25, -0.2) is 0 Å². The molecule has 0 fully saturated rings. The Balaban J connectivity index is 2.32. The molecule has 0 radical (unpaired) electrons. The average Bonchev–Trinajstić information content (AvgIpc) is 2.66. The highest BCUT2D eigenvalue weighted by Crippen LogP contribution is 2.42. The minimum absolute atomic E-state index is 0.0680. The Bertz CT molecular complexity index is 943. The second-order valence-electron chi connectivity index (χ2n) is 7.81. The molecule has 3 aromatic carbocycles. The van der Waals surface area contributed by atoms with Crippen molar-refractivity contribution in [2.45, 2.75) is 32.4 Å². The van der Waals surface area contributed by atoms with Crippen LogP contribution in [0.15, 0.2) is 84.9 Å². The Morgan fingerprint density at radius 3 is 1.43 bits per heavy atom. The second-order valence-corrected chi connectivity index (χ2v) is 7.81. The lowest BCUT2D eigenvalue weighted by Crippen LogP contribution is -2.14. The first-order chi connectivity index (χ1) is 13.2. The number of rotatable bonds is 3. The van der Waals surface area contributed by atoms with Gasteiger partial charge in [0.05, 0.1) is 5.57 Å². The summed E-state index contributed by atoms with van der Waals surface area (Å²) < 4.78 is 42.7. The van der Waals surface area contributed by atoms with E-state index < -0.39 is 11.7 Å². The Labute approximate surface area is 164 Å². The molecule has 0 saturated heterocycles. The van der Waals surface area contributed by atoms with Crippen LogP contribution in [0.5, 0.6) is 0 Å². The molecule has 0 aliphatic carbocycles. The lowest BCUT2D eigenvalue weighted by molar-refractivity contribution is -0.0685. The van der Waals surface area contributed by atoms with Crippen molar-refractivity contribution in [3.63, 3.8) is 0 Å². The minimum Gasteiger partial charge on any atom is -0.166 e. The highest BCUT2D eigenvalue weighted by molar-refractivity contribution is 6.00. The van der Waals surface area contributed by atoms with E-state index in [4.69, 9.17) is 0 Å². The van der Waals surface area contributed by atoms with Gasteiger partial charge in [-0.15, -0.1) is 0 Å². The third kappa shape index (κ3) is 4.36. The van der Waals surface area contributed by atoms with Crippen molar-refractivity contribution in [1.82, 2.24) is 0 Å². The van der Waals surface area contributed by atoms with Crippen LogP contribution in [0.25, 0.3) is 11.1 Å². The lowest BCUT2D eigenvalue weighted by atomic mass is 9.84. The summed E-state index contributed by atoms with van der Waals surface area (Å²) in [5, 5.41) is 0. The summed E-state index contributed by atoms with van der Waals surface area (Å²) in [7, 11) is 0. The van der Waals surface area contributed by atoms with E-state index in [2.05, 4.69) is 20.8 Å². The molecule has 0 nitrogen and oxygen atoms in total. The van der Waals surface area contributed by atoms with Crippen molar-refractivity contribution < 1.29 is 13.2 Å². The molecular formula is C25H23F3. The molecule has 0 heterocycles. The molecule has 3 rings (SSSR count). The van der Waals surface area contributed by atoms with E-state index in [-0.39, 0.29) is 16.6 Å². The van der Waals surface area contributed by atoms with Gasteiger partial charge in [0.25, 0.3) is 0 Å². The Hall–Kier alpha value is -2.81. The first kappa shape index (κ1) is 19.9. The third-order valence-electron chi connectivity index (χ3n) is 4.70. The summed E-state index contributed by atoms with van der Waals surface area (Å²) >= 11 is 0. The monoisotopic (exact) mass is 380 g/mol. The van der Waals surface area contributed by atoms with Crippen LogP contribution < -0.4 is 0 Å². The predicted octanol–water partition coefficient (Wildman–Crippen LogP) is 7.51. The zero-order chi connectivity index (χ0) is 20.4. The van der Waals surface area contributed by atoms with Crippen LogP contribution >= 0.6 is 0 Å². The van der Waals surface area contributed by atoms with Crippen LogP contribution in [0.1, 0.15) is 43.0 Å². The highest BCUT2D eigenvalue weighted by Gasteiger charge is 2.38. The summed E-state index contributed by atoms with van der Waals surface area (Å²) in [6.45, 7) is 6.25. The van der Waals surface area contributed by atoms with E-state index >= 15 is 0 Å². The maximum absolute atomic E-state index is 14.2. The van der Waals surface area contributed by atoms with Crippen LogP contribution in [0.3, 0.4) is 0 Å². The molecule has 3 aromatic rings. The van der Waals surface area contributed by atoms with E-state index in [1.165, 1.54) is 12.1 Å². The normalized spacial score (nSPS) is 13.2. The van der Waals surface area contributed by atoms with Gasteiger partial charge >= 0.3 is 6.18 Å². The van der Waals surface area contributed by atoms with Gasteiger partial charge in [-0.2, -0.15) is 13.2 Å². The molecule has 0 aromatic heterocycles. The standard InChI is InChI=1S/C25H23F3/c1-24(2,3)21-16-14-19(15-17-21)22(18-10-6-4-7-11-18)23(25(26,27)28)20-12-8-5-9-13-20/h4-17H,1-3H3/b23-22+. The van der Waals surface area contributed by atoms with Crippen LogP contribution in [0.2, 0.25) is 0 Å². The molecule has 0 spiro atoms. The maximum Gasteiger partial charge on any atom is 0.417 e. The summed E-state index contributed by atoms with van der Waals surface area (Å²) in [5.74, 6) is 0. The van der Waals surface area contributed by atoms with E-state index in [1.807, 2.05) is 12.1 Å². The Morgan fingerprint density at radius 1 is 0.571 bits per heavy atom. The second kappa shape index (κ2) is 7.67. The number of allylic oxidation sites excluding steroid dienone is 1. The van der Waals surface area contributed by atoms with E-state index in [0.717, 1.165) is 5.56 Å². The largest absolute Gasteiger partial charge is 0.417 e. The Morgan fingerprint density at radius 2 is 1.00 bits per heavy atom. The number of alkyl halides is 3. The first-order valence-electron chi connectivity index (χ1n) is 9.21. The van der Waals surface area contributed by atoms with Gasteiger partial charge in [0, 0.05) is 5.57 Å². The fraction of sp³-hybridized carbons (Fsp3) is 0.200. The molecule has 0 aliphatic heterocycles. The molecule has 28 heavy (non-hydrogen) atoms. The summed E-state index contributed by atoms with van der Waals surface area (Å²) in [5.41, 5.74) is 1.84. The minimum atomic E-state index is -4.49. The zero-order valence-electron chi connectivity index (χ0n) is 16.2. The van der Waals surface area contributed by atoms with Gasteiger partial charge in [0.15, 0.2) is 0 Å². The first-order valence-corrected chi connectivity index (χ1v) is 9.21. The lowest BCUT2D eigenvalue weighted by Gasteiger charge is -2.22. The molecule has 0 bridgehead atoms. The van der Waals surface area contributed by atoms with Crippen LogP contribution in [-0.2, 0) is 5.41 Å². The van der Waals surface area contributed by atoms with Crippen LogP contribution in [0.4, 0.5) is 13.2 Å². The molecule has 0 atom stereocenters. The number of halogens is 3. The molecule has 144 valence electrons. The molecule has 0 amide bonds. The zero-order valence-corrected chi connectivity index (χ0v) is 16.2. The number of hydrogen-bond acceptors (Lipinski definition) is 0. The van der Waals surface area contributed by atoms with Crippen molar-refractivity contribution in [2.75, 3.05) is 0 Å². The van der Waals surface area contributed by atoms with Gasteiger partial charge in [-0.1, -0.05) is 106 Å². The average molecular weight is 380 g/mol. The molecule has 0 N–H and O–H groups in total. The Kier molecular flexibility index (Phi) is 5.46. The van der Waals surface area contributed by atoms with E-state index in [1.54, 1.807) is 60.7 Å². The number of benzene rings is 3. The van der Waals surface area contributed by atoms with Gasteiger partial charge in [0.1, 0.15) is 0 Å². The van der Waals surface area contributed by atoms with E-state index in [0.29, 0.717) is 11.1 Å². The van der Waals surface area contributed by atoms with Gasteiger partial charge < -0.3 is 0 Å². The summed E-state index contributed by atoms with van der Waals surface area (Å²) in [6.07, 6.45) is -4.49. The summed E-state index contributed by atoms with van der Waals surface area (Å²) in [4.78, 5) is 0. The van der Waals surface area contributed by atoms with Crippen LogP contribution in [0, 0.1) is 0 Å². The van der Waals surface area contributed by atoms with Crippen molar-refractivity contribution in [3.05, 3.63) is 107 Å². The van der Waals surface area contributed by atoms with Gasteiger partial charge in [0.2, 0.25) is 0 Å². The van der Waals surface area contributed by atoms with E-state index in [9.17, 15) is 13.2 Å². The molecule has 3 heteroatoms. The van der Waals surface area contributed by atoms with Gasteiger partial charge in [-0.3, -0.25) is 0 Å². The van der Waals surface area contributed by atoms with Gasteiger partial charge in [-0.05, 0) is 27.7 Å². The van der Waals surface area contributed by atoms with Crippen molar-refractivity contribution in [3.8, 4) is 0 Å². The predicted molar refractivity (Wildman–Crippen MR) is 110 cm³/mol. The highest BCUT2D eigenvalue weighted by atomic mass is 19.4. The SMILES string of the molecule is CC(C)(C)c1ccc(/C(=C(\c2ccccc2)C(F)(F)F)c2ccccc2)cc1. The fourth-order valence-electron chi connectivity index (χ4n) is 3.25. The van der Waals surface area contributed by atoms with Crippen molar-refractivity contribution >= 4 is 11.1 Å². The fourth-order valence-corrected chi connectivity index (χ4v) is 3.25.